The number of alkyl halides is 1. The molecule has 0 radical (unpaired) electrons. The maximum Gasteiger partial charge on any atom is 0.360 e. The Labute approximate surface area is 87.9 Å². The van der Waals surface area contributed by atoms with Crippen LogP contribution in [0.15, 0.2) is 17.1 Å². The monoisotopic (exact) mass is 230 g/mol. The van der Waals surface area contributed by atoms with Gasteiger partial charge in [0, 0.05) is 11.6 Å². The van der Waals surface area contributed by atoms with E-state index in [1.54, 1.807) is 0 Å². The summed E-state index contributed by atoms with van der Waals surface area (Å²) in [4.78, 5) is 31.2. The zero-order chi connectivity index (χ0) is 12.5. The average molecular weight is 230 g/mol. The molecule has 0 aromatic carbocycles. The van der Waals surface area contributed by atoms with Gasteiger partial charge >= 0.3 is 5.97 Å². The Bertz CT molecular complexity index is 510. The Hall–Kier alpha value is -2.25. The first-order valence-electron chi connectivity index (χ1n) is 4.08. The molecule has 1 aromatic heterocycles. The van der Waals surface area contributed by atoms with Crippen LogP contribution in [0.4, 0.5) is 10.1 Å². The van der Waals surface area contributed by atoms with Gasteiger partial charge in [0.1, 0.15) is 0 Å². The highest BCUT2D eigenvalue weighted by molar-refractivity contribution is 5.70. The van der Waals surface area contributed by atoms with E-state index in [2.05, 4.69) is 0 Å². The Morgan fingerprint density at radius 3 is 2.69 bits per heavy atom. The van der Waals surface area contributed by atoms with Crippen molar-refractivity contribution in [2.24, 2.45) is 0 Å². The Kier molecular flexibility index (Phi) is 3.02. The largest absolute Gasteiger partial charge is 0.478 e. The molecule has 1 aromatic rings. The minimum Gasteiger partial charge on any atom is -0.478 e. The summed E-state index contributed by atoms with van der Waals surface area (Å²) < 4.78 is 13.2. The van der Waals surface area contributed by atoms with E-state index in [-0.39, 0.29) is 10.1 Å². The second-order valence-electron chi connectivity index (χ2n) is 3.02. The molecule has 0 saturated heterocycles. The first-order chi connectivity index (χ1) is 7.34. The van der Waals surface area contributed by atoms with Crippen molar-refractivity contribution in [3.05, 3.63) is 38.3 Å². The fourth-order valence-electron chi connectivity index (χ4n) is 1.12. The lowest BCUT2D eigenvalue weighted by atomic mass is 10.2. The molecule has 0 fully saturated rings. The molecule has 16 heavy (non-hydrogen) atoms. The van der Waals surface area contributed by atoms with E-state index in [4.69, 9.17) is 5.11 Å². The Balaban J connectivity index is 3.42. The van der Waals surface area contributed by atoms with Gasteiger partial charge in [0.05, 0.1) is 11.1 Å². The summed E-state index contributed by atoms with van der Waals surface area (Å²) in [5, 5.41) is 18.9. The molecular weight excluding hydrogens is 223 g/mol. The minimum absolute atomic E-state index is 0.0452. The van der Waals surface area contributed by atoms with Gasteiger partial charge in [0.25, 0.3) is 17.5 Å². The minimum atomic E-state index is -2.63. The number of nitrogens with zero attached hydrogens (tertiary/aromatic N) is 2. The number of hydrogen-bond acceptors (Lipinski definition) is 4. The van der Waals surface area contributed by atoms with Crippen molar-refractivity contribution in [3.8, 4) is 0 Å². The van der Waals surface area contributed by atoms with Crippen LogP contribution in [-0.2, 0) is 4.79 Å². The maximum atomic E-state index is 13.0. The molecule has 1 N–H and O–H groups in total. The fourth-order valence-corrected chi connectivity index (χ4v) is 1.12. The Morgan fingerprint density at radius 2 is 2.25 bits per heavy atom. The van der Waals surface area contributed by atoms with Crippen LogP contribution in [0, 0.1) is 17.0 Å². The molecule has 0 amide bonds. The summed E-state index contributed by atoms with van der Waals surface area (Å²) in [7, 11) is 0. The van der Waals surface area contributed by atoms with Gasteiger partial charge in [-0.3, -0.25) is 19.5 Å². The van der Waals surface area contributed by atoms with Crippen molar-refractivity contribution in [1.29, 1.82) is 0 Å². The summed E-state index contributed by atoms with van der Waals surface area (Å²) >= 11 is 0. The number of aryl methyl sites for hydroxylation is 1. The third-order valence-corrected chi connectivity index (χ3v) is 1.90. The standard InChI is InChI=1S/C8H7FN2O5/c1-4-2-6(12)10(7(9)8(13)14)3-5(4)11(15)16/h2-3,7H,1H3,(H,13,14). The number of aromatic nitrogens is 1. The van der Waals surface area contributed by atoms with E-state index >= 15 is 0 Å². The average Bonchev–Trinajstić information content (AvgIpc) is 2.16. The molecule has 1 unspecified atom stereocenters. The van der Waals surface area contributed by atoms with Gasteiger partial charge in [-0.25, -0.2) is 9.18 Å². The lowest BCUT2D eigenvalue weighted by Crippen LogP contribution is -2.27. The topological polar surface area (TPSA) is 102 Å². The van der Waals surface area contributed by atoms with Crippen LogP contribution < -0.4 is 5.56 Å². The van der Waals surface area contributed by atoms with E-state index in [0.29, 0.717) is 6.20 Å². The number of carbonyl (C=O) groups is 1. The predicted molar refractivity (Wildman–Crippen MR) is 49.9 cm³/mol. The second kappa shape index (κ2) is 4.09. The van der Waals surface area contributed by atoms with Gasteiger partial charge in [0.15, 0.2) is 0 Å². The Morgan fingerprint density at radius 1 is 1.69 bits per heavy atom. The van der Waals surface area contributed by atoms with E-state index in [9.17, 15) is 24.1 Å². The smallest absolute Gasteiger partial charge is 0.360 e. The van der Waals surface area contributed by atoms with Crippen LogP contribution in [0.3, 0.4) is 0 Å². The van der Waals surface area contributed by atoms with Crippen LogP contribution in [0.25, 0.3) is 0 Å². The second-order valence-corrected chi connectivity index (χ2v) is 3.02. The molecule has 0 bridgehead atoms. The van der Waals surface area contributed by atoms with Gasteiger partial charge in [-0.05, 0) is 6.92 Å². The lowest BCUT2D eigenvalue weighted by molar-refractivity contribution is -0.386. The number of carboxylic acid groups (broad SMARTS) is 1. The molecule has 1 atom stereocenters. The highest BCUT2D eigenvalue weighted by Gasteiger charge is 2.23. The molecule has 86 valence electrons. The number of pyridine rings is 1. The predicted octanol–water partition coefficient (Wildman–Crippen LogP) is 0.618. The fraction of sp³-hybridized carbons (Fsp3) is 0.250. The summed E-state index contributed by atoms with van der Waals surface area (Å²) in [5.74, 6) is -1.89. The molecule has 0 aliphatic heterocycles. The number of carboxylic acids is 1. The van der Waals surface area contributed by atoms with E-state index in [0.717, 1.165) is 6.07 Å². The number of halogens is 1. The van der Waals surface area contributed by atoms with Crippen LogP contribution >= 0.6 is 0 Å². The van der Waals surface area contributed by atoms with Gasteiger partial charge in [-0.15, -0.1) is 0 Å². The van der Waals surface area contributed by atoms with Gasteiger partial charge in [0.2, 0.25) is 0 Å². The van der Waals surface area contributed by atoms with Gasteiger partial charge in [-0.1, -0.05) is 0 Å². The van der Waals surface area contributed by atoms with E-state index in [1.807, 2.05) is 0 Å². The highest BCUT2D eigenvalue weighted by Crippen LogP contribution is 2.17. The molecule has 0 aliphatic rings. The summed E-state index contributed by atoms with van der Waals surface area (Å²) in [6, 6.07) is 0.813. The van der Waals surface area contributed by atoms with Crippen LogP contribution in [0.1, 0.15) is 11.9 Å². The summed E-state index contributed by atoms with van der Waals surface area (Å²) in [6.07, 6.45) is -2.05. The zero-order valence-electron chi connectivity index (χ0n) is 8.08. The van der Waals surface area contributed by atoms with Crippen LogP contribution in [0.5, 0.6) is 0 Å². The van der Waals surface area contributed by atoms with Crippen molar-refractivity contribution in [1.82, 2.24) is 4.57 Å². The van der Waals surface area contributed by atoms with Gasteiger partial charge < -0.3 is 5.11 Å². The third-order valence-electron chi connectivity index (χ3n) is 1.90. The van der Waals surface area contributed by atoms with Crippen molar-refractivity contribution < 1.29 is 19.2 Å². The molecule has 0 saturated carbocycles. The first-order valence-corrected chi connectivity index (χ1v) is 4.08. The molecular formula is C8H7FN2O5. The maximum absolute atomic E-state index is 13.0. The van der Waals surface area contributed by atoms with Crippen molar-refractivity contribution in [2.75, 3.05) is 0 Å². The molecule has 7 nitrogen and oxygen atoms in total. The number of hydrogen-bond donors (Lipinski definition) is 1. The van der Waals surface area contributed by atoms with Crippen molar-refractivity contribution in [3.63, 3.8) is 0 Å². The number of aliphatic carboxylic acids is 1. The number of rotatable bonds is 3. The normalized spacial score (nSPS) is 12.1. The van der Waals surface area contributed by atoms with E-state index < -0.39 is 28.4 Å². The summed E-state index contributed by atoms with van der Waals surface area (Å²) in [6.45, 7) is 1.30. The molecule has 0 aliphatic carbocycles. The molecule has 1 rings (SSSR count). The van der Waals surface area contributed by atoms with Crippen molar-refractivity contribution >= 4 is 11.7 Å². The molecule has 0 spiro atoms. The van der Waals surface area contributed by atoms with Crippen molar-refractivity contribution in [2.45, 2.75) is 13.2 Å². The van der Waals surface area contributed by atoms with E-state index in [1.165, 1.54) is 6.92 Å². The third kappa shape index (κ3) is 2.05. The SMILES string of the molecule is Cc1cc(=O)n(C(F)C(=O)O)cc1[N+](=O)[O-]. The lowest BCUT2D eigenvalue weighted by Gasteiger charge is -2.07. The number of nitro groups is 1. The molecule has 1 heterocycles. The highest BCUT2D eigenvalue weighted by atomic mass is 19.1. The quantitative estimate of drug-likeness (QED) is 0.605. The first kappa shape index (κ1) is 11.8. The molecule has 8 heteroatoms. The van der Waals surface area contributed by atoms with Crippen LogP contribution in [-0.4, -0.2) is 20.6 Å². The van der Waals surface area contributed by atoms with Gasteiger partial charge in [-0.2, -0.15) is 0 Å². The zero-order valence-corrected chi connectivity index (χ0v) is 8.08. The van der Waals surface area contributed by atoms with Crippen LogP contribution in [0.2, 0.25) is 0 Å². The summed E-state index contributed by atoms with van der Waals surface area (Å²) in [5.41, 5.74) is -1.41.